The van der Waals surface area contributed by atoms with E-state index in [9.17, 15) is 0 Å². The van der Waals surface area contributed by atoms with Crippen molar-refractivity contribution in [1.29, 1.82) is 0 Å². The Kier molecular flexibility index (Phi) is 4.31. The minimum Gasteiger partial charge on any atom is -0.369 e. The van der Waals surface area contributed by atoms with Crippen molar-refractivity contribution >= 4 is 0 Å². The first-order valence-electron chi connectivity index (χ1n) is 7.04. The van der Waals surface area contributed by atoms with Crippen molar-refractivity contribution in [1.82, 2.24) is 0 Å². The Morgan fingerprint density at radius 2 is 1.82 bits per heavy atom. The molecule has 102 valence electrons. The Bertz CT molecular complexity index is 256. The average Bonchev–Trinajstić information content (AvgIpc) is 2.95. The fraction of sp³-hybridized carbons (Fsp3) is 1.00. The summed E-state index contributed by atoms with van der Waals surface area (Å²) in [6.45, 7) is 14.6. The van der Waals surface area contributed by atoms with Gasteiger partial charge < -0.3 is 10.5 Å². The summed E-state index contributed by atoms with van der Waals surface area (Å²) in [5.74, 6) is 0. The van der Waals surface area contributed by atoms with Gasteiger partial charge in [-0.1, -0.05) is 34.1 Å². The standard InChI is InChI=1S/C15H31NO/c1-7-13(3,4)8-9-14(5,10-12(2)16)15(6)11-17-15/h12H,7-11,16H2,1-6H3. The molecule has 0 aliphatic carbocycles. The Morgan fingerprint density at radius 1 is 1.29 bits per heavy atom. The van der Waals surface area contributed by atoms with Crippen LogP contribution in [0.3, 0.4) is 0 Å². The van der Waals surface area contributed by atoms with Gasteiger partial charge in [-0.15, -0.1) is 0 Å². The lowest BCUT2D eigenvalue weighted by Gasteiger charge is -2.38. The first-order valence-corrected chi connectivity index (χ1v) is 7.04. The van der Waals surface area contributed by atoms with Crippen LogP contribution in [0.2, 0.25) is 0 Å². The first kappa shape index (κ1) is 15.0. The smallest absolute Gasteiger partial charge is 0.0942 e. The van der Waals surface area contributed by atoms with E-state index in [0.717, 1.165) is 13.0 Å². The zero-order chi connectivity index (χ0) is 13.3. The fourth-order valence-corrected chi connectivity index (χ4v) is 2.54. The minimum absolute atomic E-state index is 0.0739. The van der Waals surface area contributed by atoms with Crippen LogP contribution in [0.5, 0.6) is 0 Å². The van der Waals surface area contributed by atoms with Crippen LogP contribution in [0.1, 0.15) is 67.2 Å². The van der Waals surface area contributed by atoms with E-state index in [1.807, 2.05) is 0 Å². The van der Waals surface area contributed by atoms with E-state index in [4.69, 9.17) is 10.5 Å². The molecule has 2 heteroatoms. The van der Waals surface area contributed by atoms with Gasteiger partial charge in [-0.05, 0) is 38.5 Å². The summed E-state index contributed by atoms with van der Waals surface area (Å²) in [6.07, 6.45) is 4.76. The highest BCUT2D eigenvalue weighted by Gasteiger charge is 2.54. The molecule has 2 nitrogen and oxygen atoms in total. The predicted molar refractivity (Wildman–Crippen MR) is 74.0 cm³/mol. The Hall–Kier alpha value is -0.0800. The molecule has 1 saturated heterocycles. The van der Waals surface area contributed by atoms with Gasteiger partial charge in [0.25, 0.3) is 0 Å². The maximum absolute atomic E-state index is 6.02. The summed E-state index contributed by atoms with van der Waals surface area (Å²) in [4.78, 5) is 0. The van der Waals surface area contributed by atoms with Crippen molar-refractivity contribution in [3.05, 3.63) is 0 Å². The van der Waals surface area contributed by atoms with Gasteiger partial charge in [0.2, 0.25) is 0 Å². The predicted octanol–water partition coefficient (Wildman–Crippen LogP) is 3.74. The molecule has 17 heavy (non-hydrogen) atoms. The highest BCUT2D eigenvalue weighted by atomic mass is 16.6. The molecule has 0 radical (unpaired) electrons. The molecule has 1 heterocycles. The molecule has 0 aromatic rings. The lowest BCUT2D eigenvalue weighted by Crippen LogP contribution is -2.39. The van der Waals surface area contributed by atoms with Gasteiger partial charge in [-0.3, -0.25) is 0 Å². The van der Waals surface area contributed by atoms with Crippen LogP contribution in [0.4, 0.5) is 0 Å². The third kappa shape index (κ3) is 3.69. The van der Waals surface area contributed by atoms with Gasteiger partial charge in [0, 0.05) is 11.5 Å². The Morgan fingerprint density at radius 3 is 2.18 bits per heavy atom. The van der Waals surface area contributed by atoms with E-state index in [0.29, 0.717) is 5.41 Å². The minimum atomic E-state index is 0.0739. The molecule has 1 aliphatic heterocycles. The van der Waals surface area contributed by atoms with Crippen molar-refractivity contribution in [3.8, 4) is 0 Å². The summed E-state index contributed by atoms with van der Waals surface area (Å²) in [6, 6.07) is 0.255. The summed E-state index contributed by atoms with van der Waals surface area (Å²) < 4.78 is 5.71. The van der Waals surface area contributed by atoms with Gasteiger partial charge in [0.15, 0.2) is 0 Å². The number of rotatable bonds is 7. The third-order valence-corrected chi connectivity index (χ3v) is 4.94. The molecule has 3 unspecified atom stereocenters. The van der Waals surface area contributed by atoms with Gasteiger partial charge in [-0.25, -0.2) is 0 Å². The SMILES string of the molecule is CCC(C)(C)CCC(C)(CC(C)N)C1(C)CO1. The van der Waals surface area contributed by atoms with Gasteiger partial charge in [0.05, 0.1) is 12.2 Å². The maximum Gasteiger partial charge on any atom is 0.0942 e. The normalized spacial score (nSPS) is 29.8. The molecule has 0 spiro atoms. The van der Waals surface area contributed by atoms with Crippen LogP contribution < -0.4 is 5.73 Å². The molecule has 1 rings (SSSR count). The molecule has 0 bridgehead atoms. The number of ether oxygens (including phenoxy) is 1. The quantitative estimate of drug-likeness (QED) is 0.690. The van der Waals surface area contributed by atoms with Crippen LogP contribution in [-0.2, 0) is 4.74 Å². The molecule has 0 saturated carbocycles. The molecule has 3 atom stereocenters. The number of epoxide rings is 1. The highest BCUT2D eigenvalue weighted by molar-refractivity contribution is 5.03. The lowest BCUT2D eigenvalue weighted by atomic mass is 9.67. The second kappa shape index (κ2) is 4.89. The summed E-state index contributed by atoms with van der Waals surface area (Å²) >= 11 is 0. The third-order valence-electron chi connectivity index (χ3n) is 4.94. The van der Waals surface area contributed by atoms with E-state index in [1.165, 1.54) is 19.3 Å². The molecule has 1 fully saturated rings. The number of hydrogen-bond donors (Lipinski definition) is 1. The van der Waals surface area contributed by atoms with Crippen molar-refractivity contribution < 1.29 is 4.74 Å². The van der Waals surface area contributed by atoms with Gasteiger partial charge in [0.1, 0.15) is 0 Å². The second-order valence-corrected chi connectivity index (χ2v) is 7.28. The highest BCUT2D eigenvalue weighted by Crippen LogP contribution is 2.51. The first-order chi connectivity index (χ1) is 7.64. The second-order valence-electron chi connectivity index (χ2n) is 7.28. The van der Waals surface area contributed by atoms with Gasteiger partial charge >= 0.3 is 0 Å². The van der Waals surface area contributed by atoms with E-state index < -0.39 is 0 Å². The number of hydrogen-bond acceptors (Lipinski definition) is 2. The maximum atomic E-state index is 6.02. The number of nitrogens with two attached hydrogens (primary N) is 1. The molecule has 0 amide bonds. The molecular weight excluding hydrogens is 210 g/mol. The van der Waals surface area contributed by atoms with E-state index in [1.54, 1.807) is 0 Å². The van der Waals surface area contributed by atoms with Crippen molar-refractivity contribution in [2.24, 2.45) is 16.6 Å². The Labute approximate surface area is 107 Å². The molecular formula is C15H31NO. The van der Waals surface area contributed by atoms with Crippen LogP contribution in [0, 0.1) is 10.8 Å². The molecule has 0 aromatic heterocycles. The van der Waals surface area contributed by atoms with E-state index >= 15 is 0 Å². The van der Waals surface area contributed by atoms with Crippen LogP contribution in [-0.4, -0.2) is 18.2 Å². The van der Waals surface area contributed by atoms with Crippen LogP contribution in [0.15, 0.2) is 0 Å². The Balaban J connectivity index is 2.65. The van der Waals surface area contributed by atoms with Crippen molar-refractivity contribution in [2.75, 3.05) is 6.61 Å². The van der Waals surface area contributed by atoms with Crippen LogP contribution in [0.25, 0.3) is 0 Å². The molecule has 1 aliphatic rings. The van der Waals surface area contributed by atoms with Crippen molar-refractivity contribution in [3.63, 3.8) is 0 Å². The lowest BCUT2D eigenvalue weighted by molar-refractivity contribution is 0.0871. The van der Waals surface area contributed by atoms with E-state index in [2.05, 4.69) is 41.5 Å². The molecule has 0 aromatic carbocycles. The monoisotopic (exact) mass is 241 g/mol. The zero-order valence-corrected chi connectivity index (χ0v) is 12.6. The van der Waals surface area contributed by atoms with Crippen LogP contribution >= 0.6 is 0 Å². The summed E-state index contributed by atoms with van der Waals surface area (Å²) in [7, 11) is 0. The molecule has 2 N–H and O–H groups in total. The average molecular weight is 241 g/mol. The zero-order valence-electron chi connectivity index (χ0n) is 12.6. The van der Waals surface area contributed by atoms with E-state index in [-0.39, 0.29) is 17.1 Å². The summed E-state index contributed by atoms with van der Waals surface area (Å²) in [5.41, 5.74) is 6.76. The fourth-order valence-electron chi connectivity index (χ4n) is 2.54. The van der Waals surface area contributed by atoms with Gasteiger partial charge in [-0.2, -0.15) is 0 Å². The largest absolute Gasteiger partial charge is 0.369 e. The topological polar surface area (TPSA) is 38.5 Å². The summed E-state index contributed by atoms with van der Waals surface area (Å²) in [5, 5.41) is 0. The van der Waals surface area contributed by atoms with Crippen molar-refractivity contribution in [2.45, 2.75) is 78.9 Å².